The number of rotatable bonds is 6. The molecule has 0 saturated heterocycles. The van der Waals surface area contributed by atoms with Crippen LogP contribution in [0.1, 0.15) is 24.5 Å². The number of methoxy groups -OCH3 is 2. The maximum atomic E-state index is 13.2. The molecule has 0 radical (unpaired) electrons. The van der Waals surface area contributed by atoms with Crippen LogP contribution in [-0.4, -0.2) is 20.8 Å². The number of ether oxygens (including phenoxy) is 2. The third-order valence-corrected chi connectivity index (χ3v) is 2.49. The lowest BCUT2D eigenvalue weighted by atomic mass is 10.0. The van der Waals surface area contributed by atoms with Gasteiger partial charge in [0, 0.05) is 12.7 Å². The SMILES string of the molecule is COc1ccc(F)cc1C(CCCN)OC. The Morgan fingerprint density at radius 2 is 2.12 bits per heavy atom. The maximum absolute atomic E-state index is 13.2. The van der Waals surface area contributed by atoms with Crippen molar-refractivity contribution in [2.75, 3.05) is 20.8 Å². The number of hydrogen-bond acceptors (Lipinski definition) is 3. The van der Waals surface area contributed by atoms with Crippen LogP contribution < -0.4 is 10.5 Å². The Labute approximate surface area is 95.4 Å². The van der Waals surface area contributed by atoms with Gasteiger partial charge in [-0.05, 0) is 37.6 Å². The van der Waals surface area contributed by atoms with E-state index < -0.39 is 0 Å². The van der Waals surface area contributed by atoms with Crippen LogP contribution >= 0.6 is 0 Å². The lowest BCUT2D eigenvalue weighted by Gasteiger charge is -2.18. The maximum Gasteiger partial charge on any atom is 0.124 e. The molecule has 0 aliphatic rings. The number of benzene rings is 1. The van der Waals surface area contributed by atoms with Gasteiger partial charge in [-0.1, -0.05) is 0 Å². The lowest BCUT2D eigenvalue weighted by Crippen LogP contribution is -2.07. The van der Waals surface area contributed by atoms with Gasteiger partial charge in [-0.15, -0.1) is 0 Å². The van der Waals surface area contributed by atoms with Crippen molar-refractivity contribution in [3.63, 3.8) is 0 Å². The third-order valence-electron chi connectivity index (χ3n) is 2.49. The van der Waals surface area contributed by atoms with Gasteiger partial charge in [-0.2, -0.15) is 0 Å². The minimum Gasteiger partial charge on any atom is -0.496 e. The fraction of sp³-hybridized carbons (Fsp3) is 0.500. The van der Waals surface area contributed by atoms with Crippen molar-refractivity contribution in [3.8, 4) is 5.75 Å². The summed E-state index contributed by atoms with van der Waals surface area (Å²) < 4.78 is 23.7. The molecule has 1 aromatic carbocycles. The highest BCUT2D eigenvalue weighted by atomic mass is 19.1. The van der Waals surface area contributed by atoms with E-state index in [4.69, 9.17) is 15.2 Å². The van der Waals surface area contributed by atoms with E-state index in [-0.39, 0.29) is 11.9 Å². The molecule has 1 atom stereocenters. The highest BCUT2D eigenvalue weighted by Crippen LogP contribution is 2.30. The third kappa shape index (κ3) is 3.18. The summed E-state index contributed by atoms with van der Waals surface area (Å²) in [5, 5.41) is 0. The summed E-state index contributed by atoms with van der Waals surface area (Å²) in [7, 11) is 3.16. The second kappa shape index (κ2) is 6.45. The predicted molar refractivity (Wildman–Crippen MR) is 61.0 cm³/mol. The largest absolute Gasteiger partial charge is 0.496 e. The zero-order valence-electron chi connectivity index (χ0n) is 9.70. The highest BCUT2D eigenvalue weighted by molar-refractivity contribution is 5.35. The molecule has 2 N–H and O–H groups in total. The van der Waals surface area contributed by atoms with Crippen LogP contribution in [0.25, 0.3) is 0 Å². The molecule has 1 aromatic rings. The van der Waals surface area contributed by atoms with E-state index in [1.54, 1.807) is 20.3 Å². The fourth-order valence-corrected chi connectivity index (χ4v) is 1.66. The molecule has 0 saturated carbocycles. The Kier molecular flexibility index (Phi) is 5.22. The minimum absolute atomic E-state index is 0.172. The molecule has 0 amide bonds. The summed E-state index contributed by atoms with van der Waals surface area (Å²) in [6.07, 6.45) is 1.42. The minimum atomic E-state index is -0.286. The predicted octanol–water partition coefficient (Wildman–Crippen LogP) is 2.26. The second-order valence-corrected chi connectivity index (χ2v) is 3.54. The normalized spacial score (nSPS) is 12.5. The van der Waals surface area contributed by atoms with Gasteiger partial charge in [0.25, 0.3) is 0 Å². The Bertz CT molecular complexity index is 331. The van der Waals surface area contributed by atoms with Crippen LogP contribution in [0.3, 0.4) is 0 Å². The van der Waals surface area contributed by atoms with E-state index in [0.717, 1.165) is 18.4 Å². The van der Waals surface area contributed by atoms with Gasteiger partial charge >= 0.3 is 0 Å². The van der Waals surface area contributed by atoms with Crippen molar-refractivity contribution in [2.45, 2.75) is 18.9 Å². The highest BCUT2D eigenvalue weighted by Gasteiger charge is 2.15. The molecule has 1 unspecified atom stereocenters. The zero-order valence-corrected chi connectivity index (χ0v) is 9.70. The van der Waals surface area contributed by atoms with Crippen molar-refractivity contribution in [2.24, 2.45) is 5.73 Å². The van der Waals surface area contributed by atoms with Crippen LogP contribution in [0.4, 0.5) is 4.39 Å². The van der Waals surface area contributed by atoms with E-state index in [2.05, 4.69) is 0 Å². The van der Waals surface area contributed by atoms with Gasteiger partial charge in [0.2, 0.25) is 0 Å². The molecule has 0 aromatic heterocycles. The van der Waals surface area contributed by atoms with Crippen LogP contribution in [0.2, 0.25) is 0 Å². The van der Waals surface area contributed by atoms with Gasteiger partial charge in [0.15, 0.2) is 0 Å². The van der Waals surface area contributed by atoms with Gasteiger partial charge in [0.05, 0.1) is 13.2 Å². The molecule has 3 nitrogen and oxygen atoms in total. The lowest BCUT2D eigenvalue weighted by molar-refractivity contribution is 0.0917. The first-order valence-electron chi connectivity index (χ1n) is 5.29. The second-order valence-electron chi connectivity index (χ2n) is 3.54. The molecule has 90 valence electrons. The fourth-order valence-electron chi connectivity index (χ4n) is 1.66. The summed E-state index contributed by atoms with van der Waals surface area (Å²) in [5.41, 5.74) is 6.18. The Hall–Kier alpha value is -1.13. The molecule has 0 aliphatic carbocycles. The van der Waals surface area contributed by atoms with Crippen molar-refractivity contribution >= 4 is 0 Å². The van der Waals surface area contributed by atoms with E-state index in [0.29, 0.717) is 12.3 Å². The molecular weight excluding hydrogens is 209 g/mol. The van der Waals surface area contributed by atoms with Gasteiger partial charge in [-0.3, -0.25) is 0 Å². The van der Waals surface area contributed by atoms with Gasteiger partial charge in [-0.25, -0.2) is 4.39 Å². The monoisotopic (exact) mass is 227 g/mol. The Morgan fingerprint density at radius 3 is 2.69 bits per heavy atom. The van der Waals surface area contributed by atoms with Crippen molar-refractivity contribution in [1.82, 2.24) is 0 Å². The average molecular weight is 227 g/mol. The van der Waals surface area contributed by atoms with Crippen molar-refractivity contribution in [3.05, 3.63) is 29.6 Å². The molecule has 4 heteroatoms. The van der Waals surface area contributed by atoms with E-state index >= 15 is 0 Å². The van der Waals surface area contributed by atoms with E-state index in [1.807, 2.05) is 0 Å². The standard InChI is InChI=1S/C12H18FNO2/c1-15-11(4-3-7-14)10-8-9(13)5-6-12(10)16-2/h5-6,8,11H,3-4,7,14H2,1-2H3. The number of hydrogen-bond donors (Lipinski definition) is 1. The van der Waals surface area contributed by atoms with Crippen LogP contribution in [0.5, 0.6) is 5.75 Å². The molecule has 16 heavy (non-hydrogen) atoms. The Balaban J connectivity index is 2.92. The Morgan fingerprint density at radius 1 is 1.38 bits per heavy atom. The van der Waals surface area contributed by atoms with Gasteiger partial charge < -0.3 is 15.2 Å². The quantitative estimate of drug-likeness (QED) is 0.810. The van der Waals surface area contributed by atoms with Gasteiger partial charge in [0.1, 0.15) is 11.6 Å². The topological polar surface area (TPSA) is 44.5 Å². The van der Waals surface area contributed by atoms with E-state index in [1.165, 1.54) is 12.1 Å². The summed E-state index contributed by atoms with van der Waals surface area (Å²) in [5.74, 6) is 0.357. The van der Waals surface area contributed by atoms with Crippen LogP contribution in [-0.2, 0) is 4.74 Å². The summed E-state index contributed by atoms with van der Waals surface area (Å²) in [4.78, 5) is 0. The summed E-state index contributed by atoms with van der Waals surface area (Å²) >= 11 is 0. The zero-order chi connectivity index (χ0) is 12.0. The molecule has 0 spiro atoms. The van der Waals surface area contributed by atoms with Crippen molar-refractivity contribution in [1.29, 1.82) is 0 Å². The summed E-state index contributed by atoms with van der Waals surface area (Å²) in [6.45, 7) is 0.595. The smallest absolute Gasteiger partial charge is 0.124 e. The molecule has 1 rings (SSSR count). The number of halogens is 1. The number of nitrogens with two attached hydrogens (primary N) is 1. The molecule has 0 heterocycles. The van der Waals surface area contributed by atoms with Crippen LogP contribution in [0, 0.1) is 5.82 Å². The first-order chi connectivity index (χ1) is 7.72. The molecule has 0 fully saturated rings. The molecule has 0 bridgehead atoms. The summed E-state index contributed by atoms with van der Waals surface area (Å²) in [6, 6.07) is 4.43. The molecular formula is C12H18FNO2. The van der Waals surface area contributed by atoms with Crippen LogP contribution in [0.15, 0.2) is 18.2 Å². The van der Waals surface area contributed by atoms with Crippen molar-refractivity contribution < 1.29 is 13.9 Å². The first-order valence-corrected chi connectivity index (χ1v) is 5.29. The molecule has 0 aliphatic heterocycles. The van der Waals surface area contributed by atoms with E-state index in [9.17, 15) is 4.39 Å². The average Bonchev–Trinajstić information content (AvgIpc) is 2.30. The first kappa shape index (κ1) is 12.9.